The summed E-state index contributed by atoms with van der Waals surface area (Å²) in [5.41, 5.74) is 2.42. The molecule has 1 aromatic rings. The highest BCUT2D eigenvalue weighted by molar-refractivity contribution is 7.92. The molecule has 0 bridgehead atoms. The molecule has 0 fully saturated rings. The number of rotatable bonds is 4. The lowest BCUT2D eigenvalue weighted by Crippen LogP contribution is -2.32. The van der Waals surface area contributed by atoms with Crippen LogP contribution in [-0.4, -0.2) is 26.5 Å². The van der Waals surface area contributed by atoms with Crippen molar-refractivity contribution in [2.45, 2.75) is 38.5 Å². The maximum absolute atomic E-state index is 12.5. The van der Waals surface area contributed by atoms with E-state index in [1.807, 2.05) is 19.1 Å². The van der Waals surface area contributed by atoms with E-state index in [1.54, 1.807) is 6.07 Å². The highest BCUT2D eigenvalue weighted by Gasteiger charge is 2.39. The lowest BCUT2D eigenvalue weighted by atomic mass is 9.83. The Balaban J connectivity index is 2.03. The maximum atomic E-state index is 12.5. The van der Waals surface area contributed by atoms with Crippen LogP contribution in [0.3, 0.4) is 0 Å². The number of sulfonamides is 1. The molecule has 0 saturated carbocycles. The Morgan fingerprint density at radius 2 is 2.15 bits per heavy atom. The van der Waals surface area contributed by atoms with Crippen molar-refractivity contribution in [3.8, 4) is 0 Å². The predicted molar refractivity (Wildman–Crippen MR) is 78.8 cm³/mol. The smallest absolute Gasteiger partial charge is 0.235 e. The van der Waals surface area contributed by atoms with Crippen LogP contribution in [-0.2, 0) is 10.0 Å². The zero-order valence-corrected chi connectivity index (χ0v) is 12.4. The number of benzene rings is 1. The summed E-state index contributed by atoms with van der Waals surface area (Å²) in [5.74, 6) is 0.523. The lowest BCUT2D eigenvalue weighted by Gasteiger charge is -2.19. The van der Waals surface area contributed by atoms with E-state index in [-0.39, 0.29) is 17.5 Å². The third-order valence-electron chi connectivity index (χ3n) is 4.26. The summed E-state index contributed by atoms with van der Waals surface area (Å²) in [7, 11) is -3.26. The minimum atomic E-state index is -3.26. The summed E-state index contributed by atoms with van der Waals surface area (Å²) in [6.45, 7) is 2.49. The summed E-state index contributed by atoms with van der Waals surface area (Å²) < 4.78 is 26.5. The van der Waals surface area contributed by atoms with Crippen LogP contribution in [0.15, 0.2) is 18.2 Å². The first kappa shape index (κ1) is 13.6. The summed E-state index contributed by atoms with van der Waals surface area (Å²) in [4.78, 5) is 12.0. The van der Waals surface area contributed by atoms with Gasteiger partial charge in [-0.15, -0.1) is 0 Å². The number of ketones is 1. The average molecular weight is 293 g/mol. The molecule has 2 aliphatic rings. The number of nitrogens with zero attached hydrogens (tertiary/aromatic N) is 1. The van der Waals surface area contributed by atoms with Crippen LogP contribution >= 0.6 is 0 Å². The molecule has 0 saturated heterocycles. The molecule has 0 unspecified atom stereocenters. The van der Waals surface area contributed by atoms with Crippen LogP contribution in [0.2, 0.25) is 0 Å². The quantitative estimate of drug-likeness (QED) is 0.857. The van der Waals surface area contributed by atoms with Crippen LogP contribution in [0.5, 0.6) is 0 Å². The third-order valence-corrected chi connectivity index (χ3v) is 6.08. The largest absolute Gasteiger partial charge is 0.294 e. The number of anilines is 1. The molecule has 1 aliphatic carbocycles. The number of carbonyl (C=O) groups excluding carboxylic acids is 1. The predicted octanol–water partition coefficient (Wildman–Crippen LogP) is 2.70. The zero-order valence-electron chi connectivity index (χ0n) is 11.6. The van der Waals surface area contributed by atoms with Crippen molar-refractivity contribution in [3.63, 3.8) is 0 Å². The molecule has 0 amide bonds. The van der Waals surface area contributed by atoms with Gasteiger partial charge in [-0.1, -0.05) is 25.5 Å². The Morgan fingerprint density at radius 3 is 2.90 bits per heavy atom. The first-order chi connectivity index (χ1) is 9.54. The first-order valence-electron chi connectivity index (χ1n) is 7.21. The van der Waals surface area contributed by atoms with E-state index < -0.39 is 10.0 Å². The fourth-order valence-electron chi connectivity index (χ4n) is 3.21. The van der Waals surface area contributed by atoms with Gasteiger partial charge in [0.1, 0.15) is 0 Å². The van der Waals surface area contributed by atoms with Gasteiger partial charge < -0.3 is 0 Å². The summed E-state index contributed by atoms with van der Waals surface area (Å²) in [6.07, 6.45) is 2.84. The van der Waals surface area contributed by atoms with Crippen LogP contribution in [0.4, 0.5) is 5.69 Å². The van der Waals surface area contributed by atoms with Gasteiger partial charge in [0.15, 0.2) is 5.78 Å². The van der Waals surface area contributed by atoms with Gasteiger partial charge in [0, 0.05) is 24.4 Å². The molecule has 4 nitrogen and oxygen atoms in total. The fraction of sp³-hybridized carbons (Fsp3) is 0.533. The van der Waals surface area contributed by atoms with Crippen molar-refractivity contribution in [2.75, 3.05) is 16.6 Å². The van der Waals surface area contributed by atoms with E-state index in [4.69, 9.17) is 0 Å². The van der Waals surface area contributed by atoms with Crippen LogP contribution in [0.1, 0.15) is 54.4 Å². The Labute approximate surface area is 119 Å². The summed E-state index contributed by atoms with van der Waals surface area (Å²) >= 11 is 0. The van der Waals surface area contributed by atoms with Gasteiger partial charge in [-0.2, -0.15) is 0 Å². The van der Waals surface area contributed by atoms with Crippen molar-refractivity contribution in [1.29, 1.82) is 0 Å². The monoisotopic (exact) mass is 293 g/mol. The number of hydrogen-bond donors (Lipinski definition) is 0. The number of hydrogen-bond acceptors (Lipinski definition) is 3. The minimum Gasteiger partial charge on any atom is -0.294 e. The molecule has 3 rings (SSSR count). The second-order valence-corrected chi connectivity index (χ2v) is 7.61. The van der Waals surface area contributed by atoms with E-state index in [9.17, 15) is 13.2 Å². The molecule has 0 aromatic heterocycles. The maximum Gasteiger partial charge on any atom is 0.235 e. The average Bonchev–Trinajstić information content (AvgIpc) is 2.82. The van der Waals surface area contributed by atoms with E-state index in [2.05, 4.69) is 0 Å². The lowest BCUT2D eigenvalue weighted by molar-refractivity contribution is 0.0968. The normalized spacial score (nSPS) is 21.1. The zero-order chi connectivity index (χ0) is 14.3. The molecule has 20 heavy (non-hydrogen) atoms. The first-order valence-corrected chi connectivity index (χ1v) is 8.82. The molecule has 5 heteroatoms. The van der Waals surface area contributed by atoms with Gasteiger partial charge in [-0.25, -0.2) is 8.42 Å². The second kappa shape index (κ2) is 4.88. The molecule has 108 valence electrons. The van der Waals surface area contributed by atoms with Crippen molar-refractivity contribution < 1.29 is 13.2 Å². The fourth-order valence-corrected chi connectivity index (χ4v) is 4.95. The highest BCUT2D eigenvalue weighted by atomic mass is 32.2. The van der Waals surface area contributed by atoms with Gasteiger partial charge in [0.25, 0.3) is 0 Å². The van der Waals surface area contributed by atoms with E-state index >= 15 is 0 Å². The van der Waals surface area contributed by atoms with Crippen LogP contribution in [0.25, 0.3) is 0 Å². The van der Waals surface area contributed by atoms with Gasteiger partial charge in [0.05, 0.1) is 11.4 Å². The van der Waals surface area contributed by atoms with E-state index in [1.165, 1.54) is 4.31 Å². The number of unbranched alkanes of at least 4 members (excludes halogenated alkanes) is 1. The second-order valence-electron chi connectivity index (χ2n) is 5.60. The number of carbonyl (C=O) groups is 1. The van der Waals surface area contributed by atoms with Gasteiger partial charge in [-0.05, 0) is 24.5 Å². The summed E-state index contributed by atoms with van der Waals surface area (Å²) in [5, 5.41) is 0. The molecule has 1 atom stereocenters. The van der Waals surface area contributed by atoms with Crippen molar-refractivity contribution in [1.82, 2.24) is 0 Å². The Kier molecular flexibility index (Phi) is 3.32. The highest BCUT2D eigenvalue weighted by Crippen LogP contribution is 2.45. The molecule has 0 N–H and O–H groups in total. The summed E-state index contributed by atoms with van der Waals surface area (Å²) in [6, 6.07) is 5.46. The molecule has 1 aromatic carbocycles. The van der Waals surface area contributed by atoms with Gasteiger partial charge in [0.2, 0.25) is 10.0 Å². The van der Waals surface area contributed by atoms with Crippen LogP contribution < -0.4 is 4.31 Å². The Hall–Kier alpha value is -1.36. The SMILES string of the molecule is CCCCS(=O)(=O)N1C[C@H]2CCC(=O)c3cccc1c32. The Bertz CT molecular complexity index is 651. The van der Waals surface area contributed by atoms with Crippen molar-refractivity contribution in [2.24, 2.45) is 0 Å². The van der Waals surface area contributed by atoms with E-state index in [0.717, 1.165) is 29.7 Å². The van der Waals surface area contributed by atoms with Crippen LogP contribution in [0, 0.1) is 0 Å². The Morgan fingerprint density at radius 1 is 1.35 bits per heavy atom. The van der Waals surface area contributed by atoms with Crippen molar-refractivity contribution >= 4 is 21.5 Å². The van der Waals surface area contributed by atoms with Crippen molar-refractivity contribution in [3.05, 3.63) is 29.3 Å². The number of Topliss-reactive ketones (excluding diaryl/α,β-unsaturated/α-hetero) is 1. The molecular weight excluding hydrogens is 274 g/mol. The van der Waals surface area contributed by atoms with Gasteiger partial charge >= 0.3 is 0 Å². The molecule has 0 spiro atoms. The third kappa shape index (κ3) is 2.04. The minimum absolute atomic E-state index is 0.144. The molecule has 1 heterocycles. The molecule has 1 aliphatic heterocycles. The van der Waals surface area contributed by atoms with E-state index in [0.29, 0.717) is 19.4 Å². The molecular formula is C15H19NO3S. The van der Waals surface area contributed by atoms with Gasteiger partial charge in [-0.3, -0.25) is 9.10 Å². The molecule has 0 radical (unpaired) electrons. The standard InChI is InChI=1S/C15H19NO3S/c1-2-3-9-20(18,19)16-10-11-7-8-14(17)12-5-4-6-13(16)15(11)12/h4-6,11H,2-3,7-10H2,1H3/t11-/m1/s1. The topological polar surface area (TPSA) is 54.5 Å².